The predicted octanol–water partition coefficient (Wildman–Crippen LogP) is 1.19. The molecule has 0 saturated carbocycles. The summed E-state index contributed by atoms with van der Waals surface area (Å²) < 4.78 is 5.63. The summed E-state index contributed by atoms with van der Waals surface area (Å²) in [5, 5.41) is 20.9. The van der Waals surface area contributed by atoms with Crippen molar-refractivity contribution in [1.29, 1.82) is 0 Å². The number of nitrogens with zero attached hydrogens (tertiary/aromatic N) is 2. The topological polar surface area (TPSA) is 73.2 Å². The standard InChI is InChI=1S/C18H22N2O4/c1-19-6-8-20(9-7-19)18(23)12-24-14-4-2-13-3-5-17(22)16(11-21)15(13)10-14/h2-5,10,21-22H,6-9,11-12H2,1H3. The number of hydrogen-bond acceptors (Lipinski definition) is 5. The Morgan fingerprint density at radius 2 is 1.88 bits per heavy atom. The number of piperazine rings is 1. The van der Waals surface area contributed by atoms with Gasteiger partial charge in [0.2, 0.25) is 0 Å². The van der Waals surface area contributed by atoms with E-state index >= 15 is 0 Å². The Labute approximate surface area is 140 Å². The number of fused-ring (bicyclic) bond motifs is 1. The van der Waals surface area contributed by atoms with E-state index in [-0.39, 0.29) is 24.9 Å². The lowest BCUT2D eigenvalue weighted by atomic mass is 10.0. The minimum atomic E-state index is -0.257. The Kier molecular flexibility index (Phi) is 4.87. The van der Waals surface area contributed by atoms with Crippen molar-refractivity contribution >= 4 is 16.7 Å². The summed E-state index contributed by atoms with van der Waals surface area (Å²) in [4.78, 5) is 16.2. The van der Waals surface area contributed by atoms with Gasteiger partial charge in [0.1, 0.15) is 11.5 Å². The minimum Gasteiger partial charge on any atom is -0.508 e. The molecule has 6 heteroatoms. The maximum atomic E-state index is 12.2. The van der Waals surface area contributed by atoms with E-state index in [9.17, 15) is 15.0 Å². The van der Waals surface area contributed by atoms with Crippen LogP contribution < -0.4 is 4.74 Å². The lowest BCUT2D eigenvalue weighted by Crippen LogP contribution is -2.48. The summed E-state index contributed by atoms with van der Waals surface area (Å²) >= 11 is 0. The molecule has 1 aliphatic rings. The fourth-order valence-corrected chi connectivity index (χ4v) is 2.90. The highest BCUT2D eigenvalue weighted by Gasteiger charge is 2.19. The van der Waals surface area contributed by atoms with E-state index in [0.29, 0.717) is 11.3 Å². The third-order valence-corrected chi connectivity index (χ3v) is 4.46. The summed E-state index contributed by atoms with van der Waals surface area (Å²) in [6.45, 7) is 2.93. The van der Waals surface area contributed by atoms with E-state index in [1.807, 2.05) is 18.0 Å². The smallest absolute Gasteiger partial charge is 0.260 e. The molecule has 3 rings (SSSR count). The van der Waals surface area contributed by atoms with Gasteiger partial charge in [-0.1, -0.05) is 12.1 Å². The summed E-state index contributed by atoms with van der Waals surface area (Å²) in [5.74, 6) is 0.572. The number of aromatic hydroxyl groups is 1. The summed E-state index contributed by atoms with van der Waals surface area (Å²) in [5.41, 5.74) is 0.461. The molecule has 1 fully saturated rings. The molecule has 1 heterocycles. The first-order chi connectivity index (χ1) is 11.6. The van der Waals surface area contributed by atoms with Gasteiger partial charge in [-0.3, -0.25) is 4.79 Å². The highest BCUT2D eigenvalue weighted by molar-refractivity contribution is 5.89. The van der Waals surface area contributed by atoms with E-state index in [1.165, 1.54) is 0 Å². The Bertz CT molecular complexity index is 739. The maximum Gasteiger partial charge on any atom is 0.260 e. The van der Waals surface area contributed by atoms with Crippen LogP contribution >= 0.6 is 0 Å². The Balaban J connectivity index is 1.70. The molecule has 2 aromatic carbocycles. The molecule has 0 spiro atoms. The lowest BCUT2D eigenvalue weighted by Gasteiger charge is -2.32. The van der Waals surface area contributed by atoms with Crippen LogP contribution in [0, 0.1) is 0 Å². The second kappa shape index (κ2) is 7.07. The number of aliphatic hydroxyl groups is 1. The summed E-state index contributed by atoms with van der Waals surface area (Å²) in [6.07, 6.45) is 0. The van der Waals surface area contributed by atoms with Crippen molar-refractivity contribution in [3.63, 3.8) is 0 Å². The number of rotatable bonds is 4. The predicted molar refractivity (Wildman–Crippen MR) is 91.1 cm³/mol. The molecule has 1 saturated heterocycles. The van der Waals surface area contributed by atoms with Gasteiger partial charge in [0.05, 0.1) is 6.61 Å². The van der Waals surface area contributed by atoms with Gasteiger partial charge in [0.25, 0.3) is 5.91 Å². The first-order valence-electron chi connectivity index (χ1n) is 8.03. The molecule has 24 heavy (non-hydrogen) atoms. The number of phenols is 1. The molecule has 2 aromatic rings. The molecule has 0 aromatic heterocycles. The van der Waals surface area contributed by atoms with Crippen LogP contribution in [0.5, 0.6) is 11.5 Å². The van der Waals surface area contributed by atoms with Gasteiger partial charge in [-0.05, 0) is 36.0 Å². The van der Waals surface area contributed by atoms with Crippen molar-refractivity contribution in [1.82, 2.24) is 9.80 Å². The van der Waals surface area contributed by atoms with Gasteiger partial charge in [-0.2, -0.15) is 0 Å². The molecular formula is C18H22N2O4. The van der Waals surface area contributed by atoms with Crippen molar-refractivity contribution in [2.45, 2.75) is 6.61 Å². The van der Waals surface area contributed by atoms with Gasteiger partial charge < -0.3 is 24.7 Å². The largest absolute Gasteiger partial charge is 0.508 e. The van der Waals surface area contributed by atoms with Crippen molar-refractivity contribution in [3.05, 3.63) is 35.9 Å². The average molecular weight is 330 g/mol. The van der Waals surface area contributed by atoms with E-state index in [0.717, 1.165) is 37.0 Å². The molecule has 1 amide bonds. The molecule has 128 valence electrons. The molecule has 0 aliphatic carbocycles. The van der Waals surface area contributed by atoms with Crippen LogP contribution in [-0.2, 0) is 11.4 Å². The highest BCUT2D eigenvalue weighted by atomic mass is 16.5. The van der Waals surface area contributed by atoms with E-state index < -0.39 is 0 Å². The quantitative estimate of drug-likeness (QED) is 0.881. The molecule has 0 unspecified atom stereocenters. The van der Waals surface area contributed by atoms with Gasteiger partial charge in [0, 0.05) is 31.7 Å². The molecule has 1 aliphatic heterocycles. The van der Waals surface area contributed by atoms with Crippen molar-refractivity contribution < 1.29 is 19.7 Å². The Hall–Kier alpha value is -2.31. The third-order valence-electron chi connectivity index (χ3n) is 4.46. The fourth-order valence-electron chi connectivity index (χ4n) is 2.90. The minimum absolute atomic E-state index is 0.0114. The van der Waals surface area contributed by atoms with Gasteiger partial charge >= 0.3 is 0 Å². The number of ether oxygens (including phenoxy) is 1. The van der Waals surface area contributed by atoms with Crippen molar-refractivity contribution in [2.75, 3.05) is 39.8 Å². The molecular weight excluding hydrogens is 308 g/mol. The van der Waals surface area contributed by atoms with E-state index in [2.05, 4.69) is 4.90 Å². The van der Waals surface area contributed by atoms with Crippen molar-refractivity contribution in [3.8, 4) is 11.5 Å². The molecule has 0 radical (unpaired) electrons. The van der Waals surface area contributed by atoms with Crippen LogP contribution in [0.1, 0.15) is 5.56 Å². The number of amides is 1. The number of likely N-dealkylation sites (N-methyl/N-ethyl adjacent to an activating group) is 1. The van der Waals surface area contributed by atoms with Crippen LogP contribution in [0.4, 0.5) is 0 Å². The number of aliphatic hydroxyl groups excluding tert-OH is 1. The zero-order valence-electron chi connectivity index (χ0n) is 13.7. The highest BCUT2D eigenvalue weighted by Crippen LogP contribution is 2.30. The fraction of sp³-hybridized carbons (Fsp3) is 0.389. The second-order valence-corrected chi connectivity index (χ2v) is 6.08. The molecule has 6 nitrogen and oxygen atoms in total. The number of hydrogen-bond donors (Lipinski definition) is 2. The van der Waals surface area contributed by atoms with E-state index in [4.69, 9.17) is 4.74 Å². The monoisotopic (exact) mass is 330 g/mol. The van der Waals surface area contributed by atoms with E-state index in [1.54, 1.807) is 24.3 Å². The van der Waals surface area contributed by atoms with Gasteiger partial charge in [0.15, 0.2) is 6.61 Å². The lowest BCUT2D eigenvalue weighted by molar-refractivity contribution is -0.134. The zero-order chi connectivity index (χ0) is 17.1. The Morgan fingerprint density at radius 1 is 1.17 bits per heavy atom. The number of carbonyl (C=O) groups is 1. The first kappa shape index (κ1) is 16.5. The molecule has 0 atom stereocenters. The SMILES string of the molecule is CN1CCN(C(=O)COc2ccc3ccc(O)c(CO)c3c2)CC1. The van der Waals surface area contributed by atoms with Gasteiger partial charge in [-0.25, -0.2) is 0 Å². The summed E-state index contributed by atoms with van der Waals surface area (Å²) in [6, 6.07) is 8.73. The van der Waals surface area contributed by atoms with Gasteiger partial charge in [-0.15, -0.1) is 0 Å². The number of benzene rings is 2. The Morgan fingerprint density at radius 3 is 2.58 bits per heavy atom. The third kappa shape index (κ3) is 3.44. The second-order valence-electron chi connectivity index (χ2n) is 6.08. The molecule has 0 bridgehead atoms. The number of carbonyl (C=O) groups excluding carboxylic acids is 1. The molecule has 2 N–H and O–H groups in total. The maximum absolute atomic E-state index is 12.2. The van der Waals surface area contributed by atoms with Crippen LogP contribution in [0.25, 0.3) is 10.8 Å². The first-order valence-corrected chi connectivity index (χ1v) is 8.03. The van der Waals surface area contributed by atoms with Crippen LogP contribution in [-0.4, -0.2) is 65.8 Å². The van der Waals surface area contributed by atoms with Crippen LogP contribution in [0.3, 0.4) is 0 Å². The normalized spacial score (nSPS) is 15.7. The van der Waals surface area contributed by atoms with Crippen LogP contribution in [0.15, 0.2) is 30.3 Å². The zero-order valence-corrected chi connectivity index (χ0v) is 13.7. The summed E-state index contributed by atoms with van der Waals surface area (Å²) in [7, 11) is 2.04. The van der Waals surface area contributed by atoms with Crippen LogP contribution in [0.2, 0.25) is 0 Å². The average Bonchev–Trinajstić information content (AvgIpc) is 2.60. The van der Waals surface area contributed by atoms with Crippen molar-refractivity contribution in [2.24, 2.45) is 0 Å².